The van der Waals surface area contributed by atoms with Gasteiger partial charge in [-0.05, 0) is 56.1 Å². The van der Waals surface area contributed by atoms with Gasteiger partial charge in [0.05, 0.1) is 30.5 Å². The number of carbonyl (C=O) groups is 1. The molecule has 6 heteroatoms. The molecule has 1 N–H and O–H groups in total. The molecule has 1 amide bonds. The summed E-state index contributed by atoms with van der Waals surface area (Å²) < 4.78 is 11.6. The normalized spacial score (nSPS) is 19.8. The molecule has 2 aliphatic heterocycles. The molecular weight excluding hydrogens is 366 g/mol. The van der Waals surface area contributed by atoms with Crippen molar-refractivity contribution in [1.29, 1.82) is 5.26 Å². The number of rotatable bonds is 4. The number of anilines is 1. The van der Waals surface area contributed by atoms with Gasteiger partial charge in [0, 0.05) is 12.5 Å². The van der Waals surface area contributed by atoms with E-state index in [0.29, 0.717) is 24.5 Å². The lowest BCUT2D eigenvalue weighted by molar-refractivity contribution is -0.121. The van der Waals surface area contributed by atoms with Gasteiger partial charge in [0.15, 0.2) is 11.5 Å². The van der Waals surface area contributed by atoms with E-state index in [1.54, 1.807) is 18.2 Å². The largest absolute Gasteiger partial charge is 0.490 e. The Morgan fingerprint density at radius 3 is 2.79 bits per heavy atom. The molecule has 1 saturated heterocycles. The average Bonchev–Trinajstić information content (AvgIpc) is 3.12. The van der Waals surface area contributed by atoms with Gasteiger partial charge in [-0.2, -0.15) is 5.26 Å². The highest BCUT2D eigenvalue weighted by Crippen LogP contribution is 2.38. The van der Waals surface area contributed by atoms with Crippen LogP contribution in [0.1, 0.15) is 43.4 Å². The Morgan fingerprint density at radius 2 is 1.97 bits per heavy atom. The Hall–Kier alpha value is -3.04. The van der Waals surface area contributed by atoms with Crippen LogP contribution in [0.25, 0.3) is 0 Å². The van der Waals surface area contributed by atoms with Crippen LogP contribution >= 0.6 is 0 Å². The van der Waals surface area contributed by atoms with E-state index in [4.69, 9.17) is 9.47 Å². The maximum absolute atomic E-state index is 12.9. The Morgan fingerprint density at radius 1 is 1.17 bits per heavy atom. The summed E-state index contributed by atoms with van der Waals surface area (Å²) in [4.78, 5) is 15.1. The Bertz CT molecular complexity index is 937. The minimum absolute atomic E-state index is 0.103. The predicted molar refractivity (Wildman–Crippen MR) is 110 cm³/mol. The number of ether oxygens (including phenoxy) is 2. The number of para-hydroxylation sites is 1. The van der Waals surface area contributed by atoms with Gasteiger partial charge in [-0.25, -0.2) is 0 Å². The van der Waals surface area contributed by atoms with E-state index in [1.807, 2.05) is 19.1 Å². The number of hydrogen-bond acceptors (Lipinski definition) is 5. The molecule has 6 nitrogen and oxygen atoms in total. The Labute approximate surface area is 171 Å². The lowest BCUT2D eigenvalue weighted by Gasteiger charge is -2.30. The van der Waals surface area contributed by atoms with Crippen LogP contribution in [0, 0.1) is 11.3 Å². The quantitative estimate of drug-likeness (QED) is 0.856. The summed E-state index contributed by atoms with van der Waals surface area (Å²) in [6.07, 6.45) is 2.90. The first-order valence-corrected chi connectivity index (χ1v) is 10.1. The number of nitrogens with one attached hydrogen (secondary N) is 1. The van der Waals surface area contributed by atoms with Gasteiger partial charge in [0.25, 0.3) is 0 Å². The molecule has 1 fully saturated rings. The zero-order valence-corrected chi connectivity index (χ0v) is 16.6. The summed E-state index contributed by atoms with van der Waals surface area (Å²) in [5.74, 6) is 1.47. The highest BCUT2D eigenvalue weighted by molar-refractivity contribution is 5.95. The predicted octanol–water partition coefficient (Wildman–Crippen LogP) is 3.88. The number of nitrogens with zero attached hydrogens (tertiary/aromatic N) is 2. The van der Waals surface area contributed by atoms with E-state index in [0.717, 1.165) is 42.9 Å². The highest BCUT2D eigenvalue weighted by Gasteiger charge is 2.33. The summed E-state index contributed by atoms with van der Waals surface area (Å²) in [5.41, 5.74) is 2.16. The van der Waals surface area contributed by atoms with Gasteiger partial charge in [-0.1, -0.05) is 18.2 Å². The van der Waals surface area contributed by atoms with Gasteiger partial charge in [0.2, 0.25) is 5.91 Å². The van der Waals surface area contributed by atoms with E-state index in [9.17, 15) is 10.1 Å². The van der Waals surface area contributed by atoms with Crippen molar-refractivity contribution in [3.8, 4) is 17.6 Å². The molecule has 0 saturated carbocycles. The smallest absolute Gasteiger partial charge is 0.241 e. The molecule has 0 unspecified atom stereocenters. The minimum atomic E-state index is -0.315. The van der Waals surface area contributed by atoms with Gasteiger partial charge in [0.1, 0.15) is 6.07 Å². The van der Waals surface area contributed by atoms with Crippen LogP contribution < -0.4 is 14.8 Å². The maximum Gasteiger partial charge on any atom is 0.241 e. The molecule has 2 aliphatic rings. The number of amides is 1. The van der Waals surface area contributed by atoms with Crippen LogP contribution in [0.3, 0.4) is 0 Å². The third-order valence-corrected chi connectivity index (χ3v) is 5.63. The van der Waals surface area contributed by atoms with Gasteiger partial charge in [-0.15, -0.1) is 0 Å². The van der Waals surface area contributed by atoms with E-state index in [-0.39, 0.29) is 18.0 Å². The van der Waals surface area contributed by atoms with Crippen LogP contribution in [0.5, 0.6) is 11.5 Å². The summed E-state index contributed by atoms with van der Waals surface area (Å²) in [5, 5.41) is 12.2. The third kappa shape index (κ3) is 4.06. The number of likely N-dealkylation sites (tertiary alicyclic amines) is 1. The highest BCUT2D eigenvalue weighted by atomic mass is 16.5. The minimum Gasteiger partial charge on any atom is -0.490 e. The van der Waals surface area contributed by atoms with Crippen LogP contribution in [-0.2, 0) is 4.79 Å². The molecule has 2 heterocycles. The first kappa shape index (κ1) is 19.3. The van der Waals surface area contributed by atoms with Crippen molar-refractivity contribution in [1.82, 2.24) is 4.90 Å². The third-order valence-electron chi connectivity index (χ3n) is 5.63. The zero-order chi connectivity index (χ0) is 20.2. The number of carbonyl (C=O) groups excluding carboxylic acids is 1. The number of fused-ring (bicyclic) bond motifs is 1. The lowest BCUT2D eigenvalue weighted by atomic mass is 10.0. The van der Waals surface area contributed by atoms with Crippen molar-refractivity contribution in [2.24, 2.45) is 0 Å². The molecule has 0 radical (unpaired) electrons. The summed E-state index contributed by atoms with van der Waals surface area (Å²) in [6, 6.07) is 15.1. The SMILES string of the molecule is C[C@@H](C(=O)Nc1ccccc1C#N)N1CCC[C@@H]1c1ccc2c(c1)OCCCO2. The second-order valence-corrected chi connectivity index (χ2v) is 7.48. The van der Waals surface area contributed by atoms with E-state index in [1.165, 1.54) is 0 Å². The summed E-state index contributed by atoms with van der Waals surface area (Å²) in [7, 11) is 0. The molecule has 0 bridgehead atoms. The standard InChI is InChI=1S/C23H25N3O3/c1-16(23(27)25-19-7-3-2-6-18(19)15-24)26-11-4-8-20(26)17-9-10-21-22(14-17)29-13-5-12-28-21/h2-3,6-7,9-10,14,16,20H,4-5,8,11-13H2,1H3,(H,25,27)/t16-,20+/m0/s1. The van der Waals surface area contributed by atoms with E-state index in [2.05, 4.69) is 28.4 Å². The van der Waals surface area contributed by atoms with Crippen molar-refractivity contribution in [2.75, 3.05) is 25.1 Å². The molecule has 2 atom stereocenters. The van der Waals surface area contributed by atoms with Crippen molar-refractivity contribution in [3.05, 3.63) is 53.6 Å². The van der Waals surface area contributed by atoms with Crippen molar-refractivity contribution >= 4 is 11.6 Å². The average molecular weight is 391 g/mol. The maximum atomic E-state index is 12.9. The summed E-state index contributed by atoms with van der Waals surface area (Å²) >= 11 is 0. The van der Waals surface area contributed by atoms with Gasteiger partial charge < -0.3 is 14.8 Å². The number of hydrogen-bond donors (Lipinski definition) is 1. The lowest BCUT2D eigenvalue weighted by Crippen LogP contribution is -2.41. The summed E-state index contributed by atoms with van der Waals surface area (Å²) in [6.45, 7) is 4.10. The monoisotopic (exact) mass is 391 g/mol. The molecule has 2 aromatic carbocycles. The van der Waals surface area contributed by atoms with E-state index < -0.39 is 0 Å². The molecular formula is C23H25N3O3. The molecule has 150 valence electrons. The topological polar surface area (TPSA) is 74.6 Å². The molecule has 0 aromatic heterocycles. The van der Waals surface area contributed by atoms with Crippen LogP contribution in [-0.4, -0.2) is 36.6 Å². The van der Waals surface area contributed by atoms with Gasteiger partial charge >= 0.3 is 0 Å². The second kappa shape index (κ2) is 8.54. The fourth-order valence-electron chi connectivity index (χ4n) is 4.08. The van der Waals surface area contributed by atoms with Crippen LogP contribution in [0.2, 0.25) is 0 Å². The van der Waals surface area contributed by atoms with E-state index >= 15 is 0 Å². The molecule has 2 aromatic rings. The van der Waals surface area contributed by atoms with Crippen LogP contribution in [0.15, 0.2) is 42.5 Å². The first-order chi connectivity index (χ1) is 14.2. The van der Waals surface area contributed by atoms with Gasteiger partial charge in [-0.3, -0.25) is 9.69 Å². The second-order valence-electron chi connectivity index (χ2n) is 7.48. The van der Waals surface area contributed by atoms with Crippen molar-refractivity contribution in [3.63, 3.8) is 0 Å². The Balaban J connectivity index is 1.51. The molecule has 29 heavy (non-hydrogen) atoms. The number of nitriles is 1. The van der Waals surface area contributed by atoms with Crippen molar-refractivity contribution in [2.45, 2.75) is 38.3 Å². The molecule has 0 aliphatic carbocycles. The van der Waals surface area contributed by atoms with Crippen LogP contribution in [0.4, 0.5) is 5.69 Å². The Kier molecular flexibility index (Phi) is 5.68. The zero-order valence-electron chi connectivity index (χ0n) is 16.6. The first-order valence-electron chi connectivity index (χ1n) is 10.1. The van der Waals surface area contributed by atoms with Crippen molar-refractivity contribution < 1.29 is 14.3 Å². The molecule has 0 spiro atoms. The fraction of sp³-hybridized carbons (Fsp3) is 0.391. The number of benzene rings is 2. The fourth-order valence-corrected chi connectivity index (χ4v) is 4.08. The molecule has 4 rings (SSSR count).